The Morgan fingerprint density at radius 1 is 1.00 bits per heavy atom. The second-order valence-electron chi connectivity index (χ2n) is 4.18. The van der Waals surface area contributed by atoms with Crippen molar-refractivity contribution in [3.05, 3.63) is 56.6 Å². The van der Waals surface area contributed by atoms with Crippen LogP contribution >= 0.6 is 11.3 Å². The first-order chi connectivity index (χ1) is 9.24. The smallest absolute Gasteiger partial charge is 0.350 e. The van der Waals surface area contributed by atoms with Gasteiger partial charge < -0.3 is 8.83 Å². The molecule has 0 N–H and O–H groups in total. The molecule has 4 nitrogen and oxygen atoms in total. The fourth-order valence-electron chi connectivity index (χ4n) is 2.17. The van der Waals surface area contributed by atoms with E-state index in [1.807, 2.05) is 30.3 Å². The summed E-state index contributed by atoms with van der Waals surface area (Å²) in [6.45, 7) is 0. The Morgan fingerprint density at radius 3 is 2.74 bits per heavy atom. The summed E-state index contributed by atoms with van der Waals surface area (Å²) >= 11 is 1.36. The third kappa shape index (κ3) is 1.39. The van der Waals surface area contributed by atoms with Crippen molar-refractivity contribution in [3.8, 4) is 21.8 Å². The second-order valence-corrected chi connectivity index (χ2v) is 5.09. The van der Waals surface area contributed by atoms with Gasteiger partial charge in [0, 0.05) is 10.8 Å². The van der Waals surface area contributed by atoms with Gasteiger partial charge in [0.1, 0.15) is 11.1 Å². The van der Waals surface area contributed by atoms with Crippen LogP contribution in [0, 0.1) is 0 Å². The molecule has 0 radical (unpaired) electrons. The third-order valence-electron chi connectivity index (χ3n) is 3.05. The maximum atomic E-state index is 11.7. The highest BCUT2D eigenvalue weighted by molar-refractivity contribution is 7.13. The maximum Gasteiger partial charge on any atom is 0.350 e. The zero-order chi connectivity index (χ0) is 13.0. The quantitative estimate of drug-likeness (QED) is 0.461. The topological polar surface area (TPSA) is 60.4 Å². The van der Waals surface area contributed by atoms with Crippen LogP contribution in [0.2, 0.25) is 0 Å². The summed E-state index contributed by atoms with van der Waals surface area (Å²) < 4.78 is 10.4. The highest BCUT2D eigenvalue weighted by Crippen LogP contribution is 2.38. The van der Waals surface area contributed by atoms with E-state index in [1.54, 1.807) is 5.38 Å². The number of rotatable bonds is 0. The van der Waals surface area contributed by atoms with Gasteiger partial charge >= 0.3 is 11.3 Å². The lowest BCUT2D eigenvalue weighted by Crippen LogP contribution is -1.98. The van der Waals surface area contributed by atoms with Crippen molar-refractivity contribution in [2.24, 2.45) is 0 Å². The summed E-state index contributed by atoms with van der Waals surface area (Å²) in [6, 6.07) is 9.46. The first-order valence-corrected chi connectivity index (χ1v) is 6.49. The van der Waals surface area contributed by atoms with Crippen LogP contribution < -0.4 is 11.3 Å². The normalized spacial score (nSPS) is 11.6. The van der Waals surface area contributed by atoms with Crippen LogP contribution in [0.25, 0.3) is 32.7 Å². The molecule has 0 bridgehead atoms. The van der Waals surface area contributed by atoms with Gasteiger partial charge in [0.2, 0.25) is 0 Å². The van der Waals surface area contributed by atoms with Crippen molar-refractivity contribution < 1.29 is 8.83 Å². The first-order valence-electron chi connectivity index (χ1n) is 5.61. The van der Waals surface area contributed by atoms with Crippen molar-refractivity contribution in [2.75, 3.05) is 0 Å². The van der Waals surface area contributed by atoms with E-state index in [9.17, 15) is 9.59 Å². The second kappa shape index (κ2) is 3.55. The van der Waals surface area contributed by atoms with Gasteiger partial charge in [-0.15, -0.1) is 11.3 Å². The minimum absolute atomic E-state index is 0.226. The molecule has 3 aliphatic rings. The number of para-hydroxylation sites is 1. The molecule has 92 valence electrons. The Kier molecular flexibility index (Phi) is 1.97. The summed E-state index contributed by atoms with van der Waals surface area (Å²) in [4.78, 5) is 24.0. The SMILES string of the molecule is O=c1oc(=O)c2c3oc4ccccc4cc-3scc1-2. The molecule has 0 amide bonds. The fraction of sp³-hybridized carbons (Fsp3) is 0. The van der Waals surface area contributed by atoms with Gasteiger partial charge in [-0.2, -0.15) is 0 Å². The number of fused-ring (bicyclic) bond motifs is 4. The van der Waals surface area contributed by atoms with Crippen LogP contribution in [0.15, 0.2) is 54.1 Å². The van der Waals surface area contributed by atoms with E-state index in [1.165, 1.54) is 11.3 Å². The monoisotopic (exact) mass is 270 g/mol. The predicted molar refractivity (Wildman–Crippen MR) is 72.1 cm³/mol. The number of furan rings is 1. The Labute approximate surface area is 110 Å². The molecular weight excluding hydrogens is 264 g/mol. The molecule has 19 heavy (non-hydrogen) atoms. The predicted octanol–water partition coefficient (Wildman–Crippen LogP) is 3.02. The van der Waals surface area contributed by atoms with E-state index in [-0.39, 0.29) is 11.1 Å². The van der Waals surface area contributed by atoms with Crippen LogP contribution in [0.4, 0.5) is 0 Å². The van der Waals surface area contributed by atoms with E-state index < -0.39 is 11.3 Å². The summed E-state index contributed by atoms with van der Waals surface area (Å²) in [6.07, 6.45) is 0. The van der Waals surface area contributed by atoms with Crippen molar-refractivity contribution in [1.29, 1.82) is 0 Å². The molecule has 3 heterocycles. The van der Waals surface area contributed by atoms with Gasteiger partial charge in [-0.3, -0.25) is 0 Å². The zero-order valence-corrected chi connectivity index (χ0v) is 10.3. The largest absolute Gasteiger partial charge is 0.454 e. The molecule has 0 aromatic heterocycles. The molecule has 1 aromatic carbocycles. The van der Waals surface area contributed by atoms with Crippen LogP contribution in [0.1, 0.15) is 0 Å². The average Bonchev–Trinajstić information content (AvgIpc) is 2.72. The molecule has 3 aliphatic heterocycles. The van der Waals surface area contributed by atoms with Crippen LogP contribution in [0.3, 0.4) is 0 Å². The highest BCUT2D eigenvalue weighted by atomic mass is 32.1. The zero-order valence-electron chi connectivity index (χ0n) is 9.51. The molecule has 0 unspecified atom stereocenters. The first kappa shape index (κ1) is 10.5. The van der Waals surface area contributed by atoms with Gasteiger partial charge in [-0.1, -0.05) is 18.2 Å². The van der Waals surface area contributed by atoms with Gasteiger partial charge in [-0.05, 0) is 12.1 Å². The molecule has 1 aromatic rings. The molecule has 0 spiro atoms. The average molecular weight is 270 g/mol. The van der Waals surface area contributed by atoms with E-state index in [2.05, 4.69) is 4.42 Å². The van der Waals surface area contributed by atoms with Crippen molar-refractivity contribution in [3.63, 3.8) is 0 Å². The summed E-state index contributed by atoms with van der Waals surface area (Å²) in [7, 11) is 0. The summed E-state index contributed by atoms with van der Waals surface area (Å²) in [5.74, 6) is 0.414. The third-order valence-corrected chi connectivity index (χ3v) is 3.96. The van der Waals surface area contributed by atoms with E-state index >= 15 is 0 Å². The van der Waals surface area contributed by atoms with Gasteiger partial charge in [0.25, 0.3) is 0 Å². The molecule has 0 saturated heterocycles. The van der Waals surface area contributed by atoms with E-state index in [4.69, 9.17) is 4.42 Å². The number of hydrogen-bond acceptors (Lipinski definition) is 5. The molecule has 0 saturated carbocycles. The molecule has 0 aliphatic carbocycles. The molecule has 5 heteroatoms. The van der Waals surface area contributed by atoms with E-state index in [0.717, 1.165) is 10.3 Å². The Bertz CT molecular complexity index is 959. The Balaban J connectivity index is 2.27. The van der Waals surface area contributed by atoms with Gasteiger partial charge in [-0.25, -0.2) is 9.59 Å². The van der Waals surface area contributed by atoms with Crippen molar-refractivity contribution in [2.45, 2.75) is 0 Å². The molecule has 0 fully saturated rings. The standard InChI is InChI=1S/C14H6O4S/c15-13-8-6-19-10-5-7-3-1-2-4-9(7)17-12(10)11(8)14(16)18-13/h1-6H. The lowest BCUT2D eigenvalue weighted by molar-refractivity contribution is 0.497. The van der Waals surface area contributed by atoms with Gasteiger partial charge in [0.15, 0.2) is 5.76 Å². The number of benzene rings is 1. The molecular formula is C14H6O4S. The minimum atomic E-state index is -0.642. The maximum absolute atomic E-state index is 11.7. The van der Waals surface area contributed by atoms with Crippen LogP contribution in [-0.2, 0) is 0 Å². The van der Waals surface area contributed by atoms with Crippen molar-refractivity contribution in [1.82, 2.24) is 0 Å². The van der Waals surface area contributed by atoms with Crippen molar-refractivity contribution >= 4 is 22.3 Å². The van der Waals surface area contributed by atoms with Crippen LogP contribution in [-0.4, -0.2) is 0 Å². The lowest BCUT2D eigenvalue weighted by Gasteiger charge is -2.08. The number of hydrogen-bond donors (Lipinski definition) is 0. The Morgan fingerprint density at radius 2 is 1.84 bits per heavy atom. The summed E-state index contributed by atoms with van der Waals surface area (Å²) in [5, 5.41) is 2.58. The van der Waals surface area contributed by atoms with Gasteiger partial charge in [0.05, 0.1) is 10.4 Å². The van der Waals surface area contributed by atoms with Crippen LogP contribution in [0.5, 0.6) is 0 Å². The lowest BCUT2D eigenvalue weighted by atomic mass is 10.1. The Hall–Kier alpha value is -2.40. The molecule has 4 rings (SSSR count). The fourth-order valence-corrected chi connectivity index (χ4v) is 3.07. The molecule has 0 atom stereocenters. The highest BCUT2D eigenvalue weighted by Gasteiger charge is 2.25. The minimum Gasteiger partial charge on any atom is -0.454 e. The summed E-state index contributed by atoms with van der Waals surface area (Å²) in [5.41, 5.74) is -0.0767. The van der Waals surface area contributed by atoms with E-state index in [0.29, 0.717) is 11.3 Å².